The van der Waals surface area contributed by atoms with Crippen molar-refractivity contribution in [3.63, 3.8) is 0 Å². The average Bonchev–Trinajstić information content (AvgIpc) is 3.13. The number of nitrogens with zero attached hydrogens (tertiary/aromatic N) is 2. The van der Waals surface area contributed by atoms with E-state index in [4.69, 9.17) is 26.4 Å². The van der Waals surface area contributed by atoms with E-state index in [1.165, 1.54) is 0 Å². The lowest BCUT2D eigenvalue weighted by Crippen LogP contribution is -2.17. The number of ether oxygens (including phenoxy) is 1. The molecule has 0 amide bonds. The molecule has 0 saturated carbocycles. The van der Waals surface area contributed by atoms with E-state index in [9.17, 15) is 4.79 Å². The van der Waals surface area contributed by atoms with E-state index in [0.717, 1.165) is 55.7 Å². The fourth-order valence-electron chi connectivity index (χ4n) is 3.13. The van der Waals surface area contributed by atoms with E-state index in [2.05, 4.69) is 4.57 Å². The standard InChI is InChI=1S/C17H21ClN2O3/c18-13-6-3-7-14-17(13)20(11-12-5-4-10-23-12)15(19-14)8-1-2-9-16(21)22/h3,6-7,12H,1-2,4-5,8-11H2,(H,21,22)/t12-/m1/s1. The molecular weight excluding hydrogens is 316 g/mol. The molecule has 1 fully saturated rings. The number of hydrogen-bond donors (Lipinski definition) is 1. The van der Waals surface area contributed by atoms with Crippen LogP contribution in [0.5, 0.6) is 0 Å². The highest BCUT2D eigenvalue weighted by Gasteiger charge is 2.20. The van der Waals surface area contributed by atoms with Gasteiger partial charge in [0.25, 0.3) is 0 Å². The van der Waals surface area contributed by atoms with E-state index < -0.39 is 5.97 Å². The number of carboxylic acids is 1. The molecular formula is C17H21ClN2O3. The van der Waals surface area contributed by atoms with Gasteiger partial charge in [-0.3, -0.25) is 4.79 Å². The summed E-state index contributed by atoms with van der Waals surface area (Å²) in [5.41, 5.74) is 1.85. The van der Waals surface area contributed by atoms with Gasteiger partial charge in [-0.2, -0.15) is 0 Å². The van der Waals surface area contributed by atoms with Gasteiger partial charge >= 0.3 is 5.97 Å². The van der Waals surface area contributed by atoms with Crippen LogP contribution >= 0.6 is 11.6 Å². The molecule has 1 aliphatic rings. The summed E-state index contributed by atoms with van der Waals surface area (Å²) in [6.07, 6.45) is 4.78. The lowest BCUT2D eigenvalue weighted by Gasteiger charge is -2.14. The molecule has 1 N–H and O–H groups in total. The van der Waals surface area contributed by atoms with Crippen molar-refractivity contribution in [1.82, 2.24) is 9.55 Å². The number of aliphatic carboxylic acids is 1. The topological polar surface area (TPSA) is 64.3 Å². The quantitative estimate of drug-likeness (QED) is 0.783. The Morgan fingerprint density at radius 3 is 3.04 bits per heavy atom. The van der Waals surface area contributed by atoms with Crippen LogP contribution in [0.2, 0.25) is 5.02 Å². The van der Waals surface area contributed by atoms with Crippen molar-refractivity contribution in [2.45, 2.75) is 51.2 Å². The Bertz CT molecular complexity index is 692. The first-order valence-electron chi connectivity index (χ1n) is 8.12. The largest absolute Gasteiger partial charge is 0.481 e. The number of aryl methyl sites for hydroxylation is 1. The van der Waals surface area contributed by atoms with E-state index in [1.807, 2.05) is 18.2 Å². The summed E-state index contributed by atoms with van der Waals surface area (Å²) in [5, 5.41) is 9.45. The van der Waals surface area contributed by atoms with E-state index in [0.29, 0.717) is 11.4 Å². The average molecular weight is 337 g/mol. The summed E-state index contributed by atoms with van der Waals surface area (Å²) in [5.74, 6) is 0.217. The van der Waals surface area contributed by atoms with Crippen molar-refractivity contribution in [3.8, 4) is 0 Å². The Labute approximate surface area is 140 Å². The van der Waals surface area contributed by atoms with Crippen LogP contribution in [-0.4, -0.2) is 33.3 Å². The van der Waals surface area contributed by atoms with Gasteiger partial charge in [-0.1, -0.05) is 17.7 Å². The van der Waals surface area contributed by atoms with Crippen molar-refractivity contribution >= 4 is 28.6 Å². The molecule has 0 spiro atoms. The van der Waals surface area contributed by atoms with Gasteiger partial charge in [-0.05, 0) is 37.8 Å². The minimum atomic E-state index is -0.749. The fourth-order valence-corrected chi connectivity index (χ4v) is 3.40. The SMILES string of the molecule is O=C(O)CCCCc1nc2cccc(Cl)c2n1C[C@H]1CCCO1. The summed E-state index contributed by atoms with van der Waals surface area (Å²) < 4.78 is 7.92. The maximum Gasteiger partial charge on any atom is 0.303 e. The molecule has 1 aliphatic heterocycles. The van der Waals surface area contributed by atoms with Gasteiger partial charge in [0, 0.05) is 19.4 Å². The maximum absolute atomic E-state index is 10.6. The van der Waals surface area contributed by atoms with Crippen molar-refractivity contribution in [2.75, 3.05) is 6.61 Å². The zero-order valence-electron chi connectivity index (χ0n) is 13.0. The van der Waals surface area contributed by atoms with Crippen LogP contribution in [0.1, 0.15) is 37.9 Å². The Morgan fingerprint density at radius 1 is 1.43 bits per heavy atom. The molecule has 6 heteroatoms. The van der Waals surface area contributed by atoms with Crippen LogP contribution in [0.4, 0.5) is 0 Å². The number of unbranched alkanes of at least 4 members (excludes halogenated alkanes) is 1. The third kappa shape index (κ3) is 3.85. The third-order valence-electron chi connectivity index (χ3n) is 4.25. The van der Waals surface area contributed by atoms with Crippen molar-refractivity contribution in [2.24, 2.45) is 0 Å². The second-order valence-electron chi connectivity index (χ2n) is 5.98. The Balaban J connectivity index is 1.82. The minimum Gasteiger partial charge on any atom is -0.481 e. The van der Waals surface area contributed by atoms with Gasteiger partial charge in [0.1, 0.15) is 5.82 Å². The number of rotatable bonds is 7. The summed E-state index contributed by atoms with van der Waals surface area (Å²) in [7, 11) is 0. The molecule has 124 valence electrons. The second-order valence-corrected chi connectivity index (χ2v) is 6.39. The molecule has 0 radical (unpaired) electrons. The summed E-state index contributed by atoms with van der Waals surface area (Å²) >= 11 is 6.38. The zero-order chi connectivity index (χ0) is 16.2. The van der Waals surface area contributed by atoms with Gasteiger partial charge in [0.15, 0.2) is 0 Å². The smallest absolute Gasteiger partial charge is 0.303 e. The van der Waals surface area contributed by atoms with Gasteiger partial charge in [0.05, 0.1) is 28.7 Å². The number of imidazole rings is 1. The number of aromatic nitrogens is 2. The molecule has 3 rings (SSSR count). The molecule has 0 aliphatic carbocycles. The highest BCUT2D eigenvalue weighted by atomic mass is 35.5. The van der Waals surface area contributed by atoms with Crippen LogP contribution in [0.3, 0.4) is 0 Å². The van der Waals surface area contributed by atoms with Crippen LogP contribution < -0.4 is 0 Å². The monoisotopic (exact) mass is 336 g/mol. The number of carboxylic acid groups (broad SMARTS) is 1. The lowest BCUT2D eigenvalue weighted by molar-refractivity contribution is -0.137. The van der Waals surface area contributed by atoms with Crippen LogP contribution in [-0.2, 0) is 22.5 Å². The van der Waals surface area contributed by atoms with Crippen molar-refractivity contribution in [1.29, 1.82) is 0 Å². The Hall–Kier alpha value is -1.59. The number of hydrogen-bond acceptors (Lipinski definition) is 3. The molecule has 0 unspecified atom stereocenters. The number of para-hydroxylation sites is 1. The normalized spacial score (nSPS) is 17.9. The van der Waals surface area contributed by atoms with Gasteiger partial charge < -0.3 is 14.4 Å². The number of carbonyl (C=O) groups is 1. The number of fused-ring (bicyclic) bond motifs is 1. The van der Waals surface area contributed by atoms with Gasteiger partial charge in [-0.25, -0.2) is 4.98 Å². The first-order chi connectivity index (χ1) is 11.1. The second kappa shape index (κ2) is 7.32. The van der Waals surface area contributed by atoms with E-state index >= 15 is 0 Å². The fraction of sp³-hybridized carbons (Fsp3) is 0.529. The van der Waals surface area contributed by atoms with Gasteiger partial charge in [-0.15, -0.1) is 0 Å². The van der Waals surface area contributed by atoms with Crippen LogP contribution in [0.15, 0.2) is 18.2 Å². The lowest BCUT2D eigenvalue weighted by atomic mass is 10.2. The highest BCUT2D eigenvalue weighted by Crippen LogP contribution is 2.27. The number of benzene rings is 1. The van der Waals surface area contributed by atoms with Crippen molar-refractivity contribution < 1.29 is 14.6 Å². The molecule has 1 aromatic heterocycles. The number of halogens is 1. The minimum absolute atomic E-state index is 0.201. The first-order valence-corrected chi connectivity index (χ1v) is 8.50. The third-order valence-corrected chi connectivity index (χ3v) is 4.55. The highest BCUT2D eigenvalue weighted by molar-refractivity contribution is 6.35. The predicted octanol–water partition coefficient (Wildman–Crippen LogP) is 3.67. The summed E-state index contributed by atoms with van der Waals surface area (Å²) in [6, 6.07) is 5.75. The molecule has 1 aromatic carbocycles. The Morgan fingerprint density at radius 2 is 2.30 bits per heavy atom. The molecule has 2 heterocycles. The molecule has 1 saturated heterocycles. The maximum atomic E-state index is 10.6. The first kappa shape index (κ1) is 16.3. The molecule has 23 heavy (non-hydrogen) atoms. The summed E-state index contributed by atoms with van der Waals surface area (Å²) in [6.45, 7) is 1.58. The van der Waals surface area contributed by atoms with E-state index in [-0.39, 0.29) is 12.5 Å². The molecule has 1 atom stereocenters. The van der Waals surface area contributed by atoms with Crippen LogP contribution in [0, 0.1) is 0 Å². The predicted molar refractivity (Wildman–Crippen MR) is 88.9 cm³/mol. The Kier molecular flexibility index (Phi) is 5.18. The molecule has 2 aromatic rings. The molecule has 5 nitrogen and oxygen atoms in total. The van der Waals surface area contributed by atoms with Crippen molar-refractivity contribution in [3.05, 3.63) is 29.0 Å². The van der Waals surface area contributed by atoms with E-state index in [1.54, 1.807) is 0 Å². The zero-order valence-corrected chi connectivity index (χ0v) is 13.8. The van der Waals surface area contributed by atoms with Crippen LogP contribution in [0.25, 0.3) is 11.0 Å². The molecule has 0 bridgehead atoms. The van der Waals surface area contributed by atoms with Gasteiger partial charge in [0.2, 0.25) is 0 Å². The summed E-state index contributed by atoms with van der Waals surface area (Å²) in [4.78, 5) is 15.3.